The SMILES string of the molecule is CCNCCNC(=O)c1cc(S(=O)(=O)N(C)C)ccc1N1CCCCC1. The average Bonchev–Trinajstić information content (AvgIpc) is 2.65. The molecule has 1 saturated heterocycles. The number of sulfonamides is 1. The van der Waals surface area contributed by atoms with Gasteiger partial charge in [0.2, 0.25) is 10.0 Å². The van der Waals surface area contributed by atoms with Crippen molar-refractivity contribution in [2.45, 2.75) is 31.1 Å². The van der Waals surface area contributed by atoms with Crippen molar-refractivity contribution < 1.29 is 13.2 Å². The molecule has 1 heterocycles. The van der Waals surface area contributed by atoms with E-state index in [4.69, 9.17) is 0 Å². The Morgan fingerprint density at radius 3 is 2.46 bits per heavy atom. The van der Waals surface area contributed by atoms with E-state index in [9.17, 15) is 13.2 Å². The summed E-state index contributed by atoms with van der Waals surface area (Å²) < 4.78 is 26.1. The minimum Gasteiger partial charge on any atom is -0.371 e. The molecule has 0 unspecified atom stereocenters. The number of hydrogen-bond acceptors (Lipinski definition) is 5. The fraction of sp³-hybridized carbons (Fsp3) is 0.611. The molecule has 2 N–H and O–H groups in total. The van der Waals surface area contributed by atoms with Crippen LogP contribution in [0.3, 0.4) is 0 Å². The Balaban J connectivity index is 2.33. The van der Waals surface area contributed by atoms with Crippen molar-refractivity contribution in [3.63, 3.8) is 0 Å². The smallest absolute Gasteiger partial charge is 0.253 e. The van der Waals surface area contributed by atoms with E-state index in [1.807, 2.05) is 6.92 Å². The Morgan fingerprint density at radius 1 is 1.15 bits per heavy atom. The number of carbonyl (C=O) groups excluding carboxylic acids is 1. The first kappa shape index (κ1) is 20.7. The second kappa shape index (κ2) is 9.34. The zero-order valence-corrected chi connectivity index (χ0v) is 16.7. The van der Waals surface area contributed by atoms with Crippen LogP contribution in [-0.2, 0) is 10.0 Å². The van der Waals surface area contributed by atoms with Gasteiger partial charge in [0, 0.05) is 46.0 Å². The van der Waals surface area contributed by atoms with Crippen molar-refractivity contribution in [3.05, 3.63) is 23.8 Å². The van der Waals surface area contributed by atoms with Crippen molar-refractivity contribution in [3.8, 4) is 0 Å². The van der Waals surface area contributed by atoms with Gasteiger partial charge in [0.05, 0.1) is 10.5 Å². The number of anilines is 1. The van der Waals surface area contributed by atoms with Gasteiger partial charge in [-0.1, -0.05) is 6.92 Å². The van der Waals surface area contributed by atoms with Crippen molar-refractivity contribution in [2.75, 3.05) is 51.7 Å². The molecule has 0 aromatic heterocycles. The molecule has 0 atom stereocenters. The van der Waals surface area contributed by atoms with Gasteiger partial charge < -0.3 is 15.5 Å². The van der Waals surface area contributed by atoms with Gasteiger partial charge in [0.25, 0.3) is 5.91 Å². The predicted molar refractivity (Wildman–Crippen MR) is 104 cm³/mol. The summed E-state index contributed by atoms with van der Waals surface area (Å²) in [6.45, 7) is 5.79. The zero-order valence-electron chi connectivity index (χ0n) is 15.9. The summed E-state index contributed by atoms with van der Waals surface area (Å²) in [5.41, 5.74) is 1.23. The second-order valence-corrected chi connectivity index (χ2v) is 8.78. The molecule has 0 spiro atoms. The average molecular weight is 383 g/mol. The Hall–Kier alpha value is -1.64. The van der Waals surface area contributed by atoms with E-state index in [0.717, 1.165) is 42.5 Å². The molecule has 1 aliphatic rings. The molecule has 1 fully saturated rings. The lowest BCUT2D eigenvalue weighted by atomic mass is 10.1. The minimum atomic E-state index is -3.59. The largest absolute Gasteiger partial charge is 0.371 e. The molecule has 8 heteroatoms. The summed E-state index contributed by atoms with van der Waals surface area (Å²) in [7, 11) is -0.607. The molecule has 26 heavy (non-hydrogen) atoms. The molecule has 1 aromatic carbocycles. The summed E-state index contributed by atoms with van der Waals surface area (Å²) in [5, 5.41) is 6.04. The number of rotatable bonds is 8. The maximum absolute atomic E-state index is 12.7. The molecule has 2 rings (SSSR count). The number of likely N-dealkylation sites (N-methyl/N-ethyl adjacent to an activating group) is 1. The molecule has 146 valence electrons. The van der Waals surface area contributed by atoms with Gasteiger partial charge in [0.15, 0.2) is 0 Å². The predicted octanol–water partition coefficient (Wildman–Crippen LogP) is 1.27. The van der Waals surface area contributed by atoms with Crippen molar-refractivity contribution >= 4 is 21.6 Å². The van der Waals surface area contributed by atoms with Crippen molar-refractivity contribution in [1.29, 1.82) is 0 Å². The van der Waals surface area contributed by atoms with Crippen LogP contribution in [0.5, 0.6) is 0 Å². The summed E-state index contributed by atoms with van der Waals surface area (Å²) >= 11 is 0. The zero-order chi connectivity index (χ0) is 19.2. The van der Waals surface area contributed by atoms with Crippen LogP contribution in [0.2, 0.25) is 0 Å². The molecular formula is C18H30N4O3S. The van der Waals surface area contributed by atoms with Gasteiger partial charge in [-0.3, -0.25) is 4.79 Å². The molecule has 0 bridgehead atoms. The number of hydrogen-bond donors (Lipinski definition) is 2. The molecule has 1 aliphatic heterocycles. The Kier molecular flexibility index (Phi) is 7.43. The highest BCUT2D eigenvalue weighted by atomic mass is 32.2. The van der Waals surface area contributed by atoms with Crippen LogP contribution in [0, 0.1) is 0 Å². The van der Waals surface area contributed by atoms with E-state index in [0.29, 0.717) is 18.7 Å². The van der Waals surface area contributed by atoms with Crippen LogP contribution >= 0.6 is 0 Å². The minimum absolute atomic E-state index is 0.139. The maximum Gasteiger partial charge on any atom is 0.253 e. The third-order valence-corrected chi connectivity index (χ3v) is 6.34. The summed E-state index contributed by atoms with van der Waals surface area (Å²) in [4.78, 5) is 15.1. The van der Waals surface area contributed by atoms with Gasteiger partial charge in [0.1, 0.15) is 0 Å². The van der Waals surface area contributed by atoms with Gasteiger partial charge in [-0.15, -0.1) is 0 Å². The first-order valence-corrected chi connectivity index (χ1v) is 10.6. The lowest BCUT2D eigenvalue weighted by molar-refractivity contribution is 0.0954. The highest BCUT2D eigenvalue weighted by Crippen LogP contribution is 2.27. The molecule has 0 saturated carbocycles. The van der Waals surface area contributed by atoms with Gasteiger partial charge in [-0.05, 0) is 44.0 Å². The third-order valence-electron chi connectivity index (χ3n) is 4.53. The molecule has 0 aliphatic carbocycles. The van der Waals surface area contributed by atoms with Crippen LogP contribution < -0.4 is 15.5 Å². The van der Waals surface area contributed by atoms with E-state index in [1.54, 1.807) is 12.1 Å². The summed E-state index contributed by atoms with van der Waals surface area (Å²) in [5.74, 6) is -0.237. The fourth-order valence-corrected chi connectivity index (χ4v) is 3.94. The van der Waals surface area contributed by atoms with E-state index < -0.39 is 10.0 Å². The van der Waals surface area contributed by atoms with Crippen LogP contribution in [-0.4, -0.2) is 65.4 Å². The number of amides is 1. The maximum atomic E-state index is 12.7. The van der Waals surface area contributed by atoms with Crippen LogP contribution in [0.4, 0.5) is 5.69 Å². The van der Waals surface area contributed by atoms with Gasteiger partial charge in [-0.25, -0.2) is 12.7 Å². The van der Waals surface area contributed by atoms with Gasteiger partial charge >= 0.3 is 0 Å². The Bertz CT molecular complexity index is 713. The molecular weight excluding hydrogens is 352 g/mol. The Morgan fingerprint density at radius 2 is 1.85 bits per heavy atom. The second-order valence-electron chi connectivity index (χ2n) is 6.62. The number of benzene rings is 1. The highest BCUT2D eigenvalue weighted by molar-refractivity contribution is 7.89. The van der Waals surface area contributed by atoms with E-state index >= 15 is 0 Å². The Labute approximate surface area is 156 Å². The molecule has 1 aromatic rings. The van der Waals surface area contributed by atoms with E-state index in [2.05, 4.69) is 15.5 Å². The van der Waals surface area contributed by atoms with E-state index in [1.165, 1.54) is 26.6 Å². The number of carbonyl (C=O) groups is 1. The molecule has 1 amide bonds. The lowest BCUT2D eigenvalue weighted by Crippen LogP contribution is -2.35. The first-order valence-electron chi connectivity index (χ1n) is 9.18. The molecule has 0 radical (unpaired) electrons. The van der Waals surface area contributed by atoms with Crippen molar-refractivity contribution in [2.24, 2.45) is 0 Å². The van der Waals surface area contributed by atoms with E-state index in [-0.39, 0.29) is 10.8 Å². The monoisotopic (exact) mass is 382 g/mol. The quantitative estimate of drug-likeness (QED) is 0.662. The topological polar surface area (TPSA) is 81.7 Å². The first-order chi connectivity index (χ1) is 12.4. The number of piperidine rings is 1. The van der Waals surface area contributed by atoms with Crippen LogP contribution in [0.25, 0.3) is 0 Å². The van der Waals surface area contributed by atoms with Crippen LogP contribution in [0.1, 0.15) is 36.5 Å². The van der Waals surface area contributed by atoms with Crippen molar-refractivity contribution in [1.82, 2.24) is 14.9 Å². The number of nitrogens with zero attached hydrogens (tertiary/aromatic N) is 2. The summed E-state index contributed by atoms with van der Waals surface area (Å²) in [6.07, 6.45) is 3.35. The van der Waals surface area contributed by atoms with Crippen LogP contribution in [0.15, 0.2) is 23.1 Å². The standard InChI is InChI=1S/C18H30N4O3S/c1-4-19-10-11-20-18(23)16-14-15(26(24,25)21(2)3)8-9-17(16)22-12-6-5-7-13-22/h8-9,14,19H,4-7,10-13H2,1-3H3,(H,20,23). The summed E-state index contributed by atoms with van der Waals surface area (Å²) in [6, 6.07) is 4.86. The molecule has 7 nitrogen and oxygen atoms in total. The lowest BCUT2D eigenvalue weighted by Gasteiger charge is -2.30. The number of nitrogens with one attached hydrogen (secondary N) is 2. The van der Waals surface area contributed by atoms with Gasteiger partial charge in [-0.2, -0.15) is 0 Å². The fourth-order valence-electron chi connectivity index (χ4n) is 3.02. The third kappa shape index (κ3) is 4.96. The normalized spacial score (nSPS) is 15.3. The highest BCUT2D eigenvalue weighted by Gasteiger charge is 2.24.